The van der Waals surface area contributed by atoms with Crippen molar-refractivity contribution in [2.45, 2.75) is 77.0 Å². The largest absolute Gasteiger partial charge is 0.444 e. The van der Waals surface area contributed by atoms with Gasteiger partial charge in [-0.25, -0.2) is 9.18 Å². The summed E-state index contributed by atoms with van der Waals surface area (Å²) in [5.41, 5.74) is 7.32. The number of ketones is 1. The summed E-state index contributed by atoms with van der Waals surface area (Å²) in [4.78, 5) is 51.9. The Hall–Kier alpha value is -3.75. The van der Waals surface area contributed by atoms with Gasteiger partial charge in [-0.3, -0.25) is 19.3 Å². The number of benzene rings is 2. The van der Waals surface area contributed by atoms with Gasteiger partial charge in [0.1, 0.15) is 17.2 Å². The van der Waals surface area contributed by atoms with E-state index < -0.39 is 35.4 Å². The van der Waals surface area contributed by atoms with Crippen molar-refractivity contribution in [1.29, 1.82) is 0 Å². The van der Waals surface area contributed by atoms with Gasteiger partial charge in [0.2, 0.25) is 5.91 Å². The third kappa shape index (κ3) is 5.53. The molecule has 9 heteroatoms. The molecule has 39 heavy (non-hydrogen) atoms. The van der Waals surface area contributed by atoms with Crippen LogP contribution in [0.2, 0.25) is 0 Å². The monoisotopic (exact) mass is 536 g/mol. The minimum atomic E-state index is -0.916. The van der Waals surface area contributed by atoms with Gasteiger partial charge in [0.05, 0.1) is 12.5 Å². The van der Waals surface area contributed by atoms with E-state index in [2.05, 4.69) is 0 Å². The maximum absolute atomic E-state index is 15.2. The molecule has 0 radical (unpaired) electrons. The fourth-order valence-corrected chi connectivity index (χ4v) is 6.09. The van der Waals surface area contributed by atoms with E-state index in [1.807, 2.05) is 0 Å². The Balaban J connectivity index is 1.30. The Labute approximate surface area is 226 Å². The number of nitrogens with zero attached hydrogens (tertiary/aromatic N) is 1. The summed E-state index contributed by atoms with van der Waals surface area (Å²) in [6.45, 7) is 5.33. The van der Waals surface area contributed by atoms with Crippen molar-refractivity contribution in [3.63, 3.8) is 0 Å². The van der Waals surface area contributed by atoms with E-state index in [1.54, 1.807) is 56.0 Å². The van der Waals surface area contributed by atoms with E-state index in [0.29, 0.717) is 11.3 Å². The maximum atomic E-state index is 15.2. The van der Waals surface area contributed by atoms with Gasteiger partial charge in [0, 0.05) is 23.9 Å². The zero-order valence-corrected chi connectivity index (χ0v) is 22.4. The zero-order chi connectivity index (χ0) is 28.1. The smallest absolute Gasteiger partial charge is 0.411 e. The molecule has 0 spiro atoms. The van der Waals surface area contributed by atoms with Crippen LogP contribution in [0.3, 0.4) is 0 Å². The van der Waals surface area contributed by atoms with Crippen LogP contribution in [0.4, 0.5) is 9.18 Å². The minimum Gasteiger partial charge on any atom is -0.444 e. The Morgan fingerprint density at radius 2 is 1.85 bits per heavy atom. The number of ether oxygens (including phenoxy) is 2. The molecule has 0 aromatic heterocycles. The lowest BCUT2D eigenvalue weighted by atomic mass is 9.86. The second-order valence-electron chi connectivity index (χ2n) is 11.8. The predicted octanol–water partition coefficient (Wildman–Crippen LogP) is 4.35. The van der Waals surface area contributed by atoms with Crippen LogP contribution in [0, 0.1) is 17.7 Å². The number of nitrogens with two attached hydrogens (primary N) is 1. The molecule has 3 aliphatic rings. The van der Waals surface area contributed by atoms with E-state index >= 15 is 4.39 Å². The Kier molecular flexibility index (Phi) is 6.95. The van der Waals surface area contributed by atoms with Crippen molar-refractivity contribution in [1.82, 2.24) is 4.90 Å². The van der Waals surface area contributed by atoms with Crippen molar-refractivity contribution in [3.05, 3.63) is 53.3 Å². The quantitative estimate of drug-likeness (QED) is 0.416. The average molecular weight is 537 g/mol. The normalized spacial score (nSPS) is 22.4. The molecule has 2 amide bonds. The van der Waals surface area contributed by atoms with Crippen LogP contribution < -0.4 is 10.5 Å². The molecule has 8 nitrogen and oxygen atoms in total. The molecule has 2 N–H and O–H groups in total. The molecule has 5 rings (SSSR count). The first kappa shape index (κ1) is 26.8. The Morgan fingerprint density at radius 1 is 1.13 bits per heavy atom. The van der Waals surface area contributed by atoms with Crippen LogP contribution in [0.15, 0.2) is 36.4 Å². The van der Waals surface area contributed by atoms with Crippen LogP contribution in [-0.2, 0) is 32.0 Å². The maximum Gasteiger partial charge on any atom is 0.411 e. The van der Waals surface area contributed by atoms with Gasteiger partial charge < -0.3 is 15.2 Å². The van der Waals surface area contributed by atoms with E-state index in [1.165, 1.54) is 6.07 Å². The molecule has 1 saturated heterocycles. The highest BCUT2D eigenvalue weighted by Gasteiger charge is 2.52. The number of rotatable bonds is 7. The number of carbonyl (C=O) groups is 4. The third-order valence-corrected chi connectivity index (χ3v) is 7.84. The van der Waals surface area contributed by atoms with E-state index in [9.17, 15) is 19.2 Å². The lowest BCUT2D eigenvalue weighted by Gasteiger charge is -2.36. The number of fused-ring (bicyclic) bond motifs is 3. The first-order valence-corrected chi connectivity index (χ1v) is 13.4. The van der Waals surface area contributed by atoms with E-state index in [0.717, 1.165) is 30.4 Å². The van der Waals surface area contributed by atoms with Gasteiger partial charge in [-0.1, -0.05) is 18.2 Å². The fourth-order valence-electron chi connectivity index (χ4n) is 6.09. The molecule has 1 saturated carbocycles. The van der Waals surface area contributed by atoms with Gasteiger partial charge in [-0.15, -0.1) is 0 Å². The number of piperidine rings is 1. The lowest BCUT2D eigenvalue weighted by Crippen LogP contribution is -2.51. The highest BCUT2D eigenvalue weighted by atomic mass is 19.1. The first-order valence-electron chi connectivity index (χ1n) is 13.4. The topological polar surface area (TPSA) is 116 Å². The summed E-state index contributed by atoms with van der Waals surface area (Å²) in [7, 11) is 0. The second-order valence-corrected chi connectivity index (χ2v) is 11.8. The number of Topliss-reactive ketones (excluding diaryl/α,β-unsaturated/α-hetero) is 1. The van der Waals surface area contributed by atoms with Crippen LogP contribution in [0.5, 0.6) is 5.75 Å². The van der Waals surface area contributed by atoms with Crippen LogP contribution >= 0.6 is 0 Å². The second kappa shape index (κ2) is 10.1. The van der Waals surface area contributed by atoms with Gasteiger partial charge >= 0.3 is 12.1 Å². The van der Waals surface area contributed by atoms with Crippen LogP contribution in [0.25, 0.3) is 11.1 Å². The first-order chi connectivity index (χ1) is 18.4. The van der Waals surface area contributed by atoms with Crippen LogP contribution in [0.1, 0.15) is 57.6 Å². The molecule has 2 aromatic rings. The average Bonchev–Trinajstić information content (AvgIpc) is 3.56. The predicted molar refractivity (Wildman–Crippen MR) is 140 cm³/mol. The van der Waals surface area contributed by atoms with Crippen LogP contribution in [-0.4, -0.2) is 46.3 Å². The SMILES string of the molecule is CC(C)(C)OC(=O)N1[C@@H]2CC[C@@H](C2)[C@H]1C(=O)C[C@@H](Cc1ccc(-c2ccc3c(c2)CC(=O)O3)cc1F)C(N)=O. The van der Waals surface area contributed by atoms with Crippen molar-refractivity contribution in [2.24, 2.45) is 17.6 Å². The molecule has 1 aliphatic carbocycles. The Morgan fingerprint density at radius 3 is 2.54 bits per heavy atom. The number of primary amides is 1. The number of hydrogen-bond donors (Lipinski definition) is 1. The molecule has 2 aromatic carbocycles. The molecule has 206 valence electrons. The number of halogens is 1. The molecule has 2 heterocycles. The Bertz CT molecular complexity index is 1350. The number of likely N-dealkylation sites (tertiary alicyclic amines) is 1. The molecule has 4 atom stereocenters. The van der Waals surface area contributed by atoms with Crippen molar-refractivity contribution in [3.8, 4) is 16.9 Å². The molecule has 0 unspecified atom stereocenters. The summed E-state index contributed by atoms with van der Waals surface area (Å²) < 4.78 is 25.9. The van der Waals surface area contributed by atoms with E-state index in [-0.39, 0.29) is 48.5 Å². The van der Waals surface area contributed by atoms with E-state index in [4.69, 9.17) is 15.2 Å². The van der Waals surface area contributed by atoms with Gasteiger partial charge in [0.15, 0.2) is 5.78 Å². The number of esters is 1. The molecule has 2 aliphatic heterocycles. The molecule has 2 fully saturated rings. The number of carbonyl (C=O) groups excluding carboxylic acids is 4. The van der Waals surface area contributed by atoms with Crippen molar-refractivity contribution >= 4 is 23.8 Å². The van der Waals surface area contributed by atoms with Crippen molar-refractivity contribution < 1.29 is 33.0 Å². The number of hydrogen-bond acceptors (Lipinski definition) is 6. The summed E-state index contributed by atoms with van der Waals surface area (Å²) in [5, 5.41) is 0. The molecule has 2 bridgehead atoms. The standard InChI is InChI=1S/C30H33FN2O6/c1-30(2,3)39-29(37)33-22-8-6-19(12-22)27(33)24(34)14-21(28(32)36)11-18-5-4-17(13-23(18)31)16-7-9-25-20(10-16)15-26(35)38-25/h4-5,7,9-10,13,19,21-22,27H,6,8,11-12,14-15H2,1-3H3,(H2,32,36)/t19-,21+,22+,27-/m0/s1. The zero-order valence-electron chi connectivity index (χ0n) is 22.4. The minimum absolute atomic E-state index is 0.0209. The third-order valence-electron chi connectivity index (χ3n) is 7.84. The number of amides is 2. The van der Waals surface area contributed by atoms with Gasteiger partial charge in [0.25, 0.3) is 0 Å². The van der Waals surface area contributed by atoms with Gasteiger partial charge in [-0.2, -0.15) is 0 Å². The molecular formula is C30H33FN2O6. The highest BCUT2D eigenvalue weighted by Crippen LogP contribution is 2.44. The summed E-state index contributed by atoms with van der Waals surface area (Å²) in [6, 6.07) is 9.21. The van der Waals surface area contributed by atoms with Gasteiger partial charge in [-0.05, 0) is 87.3 Å². The summed E-state index contributed by atoms with van der Waals surface area (Å²) >= 11 is 0. The fraction of sp³-hybridized carbons (Fsp3) is 0.467. The summed E-state index contributed by atoms with van der Waals surface area (Å²) in [5.74, 6) is -2.17. The molecular weight excluding hydrogens is 503 g/mol. The highest BCUT2D eigenvalue weighted by molar-refractivity contribution is 5.92. The van der Waals surface area contributed by atoms with Crippen molar-refractivity contribution in [2.75, 3.05) is 0 Å². The lowest BCUT2D eigenvalue weighted by molar-refractivity contribution is -0.132. The summed E-state index contributed by atoms with van der Waals surface area (Å²) in [6.07, 6.45) is 1.82.